The van der Waals surface area contributed by atoms with Crippen LogP contribution in [0.25, 0.3) is 0 Å². The lowest BCUT2D eigenvalue weighted by Crippen LogP contribution is -2.22. The molecule has 0 saturated carbocycles. The van der Waals surface area contributed by atoms with E-state index >= 15 is 0 Å². The van der Waals surface area contributed by atoms with E-state index in [4.69, 9.17) is 11.6 Å². The lowest BCUT2D eigenvalue weighted by atomic mass is 10.3. The molecule has 0 radical (unpaired) electrons. The van der Waals surface area contributed by atoms with Crippen molar-refractivity contribution >= 4 is 29.0 Å². The Hall–Kier alpha value is -1.56. The van der Waals surface area contributed by atoms with Crippen molar-refractivity contribution < 1.29 is 9.18 Å². The molecule has 15 heavy (non-hydrogen) atoms. The largest absolute Gasteiger partial charge is 0.272 e. The van der Waals surface area contributed by atoms with Crippen molar-refractivity contribution in [2.75, 3.05) is 5.01 Å². The lowest BCUT2D eigenvalue weighted by Gasteiger charge is -2.10. The van der Waals surface area contributed by atoms with E-state index in [9.17, 15) is 9.18 Å². The van der Waals surface area contributed by atoms with Crippen molar-refractivity contribution in [1.82, 2.24) is 9.97 Å². The maximum Gasteiger partial charge on any atom is 0.254 e. The van der Waals surface area contributed by atoms with Crippen LogP contribution in [0.3, 0.4) is 0 Å². The van der Waals surface area contributed by atoms with Crippen molar-refractivity contribution in [3.05, 3.63) is 17.3 Å². The number of anilines is 1. The second kappa shape index (κ2) is 3.54. The predicted octanol–water partition coefficient (Wildman–Crippen LogP) is 1.38. The van der Waals surface area contributed by atoms with Gasteiger partial charge in [0.05, 0.1) is 12.6 Å². The molecule has 1 aliphatic rings. The SMILES string of the molecule is CC1=NN(c2nc(Cl)ncc2F)C(=O)C1. The summed E-state index contributed by atoms with van der Waals surface area (Å²) in [5.74, 6) is -1.27. The molecule has 5 nitrogen and oxygen atoms in total. The molecule has 0 aromatic carbocycles. The third-order valence-corrected chi connectivity index (χ3v) is 1.99. The molecule has 78 valence electrons. The molecule has 1 amide bonds. The van der Waals surface area contributed by atoms with Crippen LogP contribution in [0, 0.1) is 5.82 Å². The molecule has 0 atom stereocenters. The maximum absolute atomic E-state index is 13.3. The molecular weight excluding hydrogens is 223 g/mol. The van der Waals surface area contributed by atoms with Gasteiger partial charge in [-0.05, 0) is 18.5 Å². The summed E-state index contributed by atoms with van der Waals surface area (Å²) in [5, 5.41) is 4.63. The number of rotatable bonds is 1. The minimum Gasteiger partial charge on any atom is -0.272 e. The summed E-state index contributed by atoms with van der Waals surface area (Å²) in [6.07, 6.45) is 1.07. The van der Waals surface area contributed by atoms with Gasteiger partial charge in [-0.3, -0.25) is 4.79 Å². The first-order chi connectivity index (χ1) is 7.08. The Balaban J connectivity index is 2.45. The van der Waals surface area contributed by atoms with Gasteiger partial charge in [0.15, 0.2) is 11.6 Å². The first-order valence-electron chi connectivity index (χ1n) is 4.13. The summed E-state index contributed by atoms with van der Waals surface area (Å²) in [4.78, 5) is 18.5. The number of hydrogen-bond acceptors (Lipinski definition) is 4. The molecule has 1 aromatic heterocycles. The Morgan fingerprint density at radius 1 is 1.60 bits per heavy atom. The molecule has 7 heteroatoms. The van der Waals surface area contributed by atoms with Gasteiger partial charge in [-0.15, -0.1) is 0 Å². The molecule has 1 aromatic rings. The van der Waals surface area contributed by atoms with E-state index in [-0.39, 0.29) is 23.4 Å². The van der Waals surface area contributed by atoms with E-state index in [1.54, 1.807) is 6.92 Å². The smallest absolute Gasteiger partial charge is 0.254 e. The van der Waals surface area contributed by atoms with Crippen LogP contribution < -0.4 is 5.01 Å². The van der Waals surface area contributed by atoms with Crippen LogP contribution in [-0.2, 0) is 4.79 Å². The van der Waals surface area contributed by atoms with Crippen LogP contribution in [0.2, 0.25) is 5.28 Å². The first kappa shape index (κ1) is 9.97. The monoisotopic (exact) mass is 228 g/mol. The highest BCUT2D eigenvalue weighted by Gasteiger charge is 2.26. The van der Waals surface area contributed by atoms with Crippen molar-refractivity contribution in [2.45, 2.75) is 13.3 Å². The van der Waals surface area contributed by atoms with Gasteiger partial charge in [0.25, 0.3) is 5.91 Å². The zero-order valence-electron chi connectivity index (χ0n) is 7.74. The van der Waals surface area contributed by atoms with Gasteiger partial charge in [-0.2, -0.15) is 15.1 Å². The fourth-order valence-corrected chi connectivity index (χ4v) is 1.34. The van der Waals surface area contributed by atoms with E-state index in [1.165, 1.54) is 0 Å². The zero-order chi connectivity index (χ0) is 11.0. The van der Waals surface area contributed by atoms with Gasteiger partial charge in [0.1, 0.15) is 0 Å². The normalized spacial score (nSPS) is 15.8. The molecule has 0 spiro atoms. The van der Waals surface area contributed by atoms with Crippen molar-refractivity contribution in [3.8, 4) is 0 Å². The molecule has 0 bridgehead atoms. The summed E-state index contributed by atoms with van der Waals surface area (Å²) in [7, 11) is 0. The van der Waals surface area contributed by atoms with Gasteiger partial charge in [-0.1, -0.05) is 0 Å². The minimum atomic E-state index is -0.730. The summed E-state index contributed by atoms with van der Waals surface area (Å²) in [6, 6.07) is 0. The van der Waals surface area contributed by atoms with E-state index in [1.807, 2.05) is 0 Å². The first-order valence-corrected chi connectivity index (χ1v) is 4.51. The highest BCUT2D eigenvalue weighted by Crippen LogP contribution is 2.21. The van der Waals surface area contributed by atoms with Gasteiger partial charge in [0.2, 0.25) is 5.28 Å². The summed E-state index contributed by atoms with van der Waals surface area (Å²) < 4.78 is 13.3. The molecule has 0 N–H and O–H groups in total. The topological polar surface area (TPSA) is 58.5 Å². The maximum atomic E-state index is 13.3. The standard InChI is InChI=1S/C8H6ClFN4O/c1-4-2-6(15)14(13-4)7-5(10)3-11-8(9)12-7/h3H,2H2,1H3. The third-order valence-electron chi connectivity index (χ3n) is 1.81. The Morgan fingerprint density at radius 3 is 2.93 bits per heavy atom. The van der Waals surface area contributed by atoms with Crippen molar-refractivity contribution in [3.63, 3.8) is 0 Å². The van der Waals surface area contributed by atoms with E-state index in [0.29, 0.717) is 5.71 Å². The summed E-state index contributed by atoms with van der Waals surface area (Å²) in [5.41, 5.74) is 0.606. The average molecular weight is 229 g/mol. The Morgan fingerprint density at radius 2 is 2.33 bits per heavy atom. The molecule has 1 aliphatic heterocycles. The number of hydrazone groups is 1. The van der Waals surface area contributed by atoms with Crippen LogP contribution in [0.5, 0.6) is 0 Å². The molecule has 0 aliphatic carbocycles. The van der Waals surface area contributed by atoms with Crippen LogP contribution in [0.4, 0.5) is 10.2 Å². The molecule has 0 unspecified atom stereocenters. The fourth-order valence-electron chi connectivity index (χ4n) is 1.21. The fraction of sp³-hybridized carbons (Fsp3) is 0.250. The second-order valence-electron chi connectivity index (χ2n) is 3.03. The van der Waals surface area contributed by atoms with Gasteiger partial charge < -0.3 is 0 Å². The molecule has 0 saturated heterocycles. The predicted molar refractivity (Wildman–Crippen MR) is 52.2 cm³/mol. The van der Waals surface area contributed by atoms with Gasteiger partial charge >= 0.3 is 0 Å². The number of carbonyl (C=O) groups is 1. The van der Waals surface area contributed by atoms with Gasteiger partial charge in [0, 0.05) is 5.71 Å². The van der Waals surface area contributed by atoms with Crippen LogP contribution >= 0.6 is 11.6 Å². The van der Waals surface area contributed by atoms with Crippen LogP contribution in [-0.4, -0.2) is 21.6 Å². The number of amides is 1. The molecular formula is C8H6ClFN4O. The number of carbonyl (C=O) groups excluding carboxylic acids is 1. The van der Waals surface area contributed by atoms with Crippen molar-refractivity contribution in [1.29, 1.82) is 0 Å². The average Bonchev–Trinajstić information content (AvgIpc) is 2.50. The number of aromatic nitrogens is 2. The highest BCUT2D eigenvalue weighted by atomic mass is 35.5. The zero-order valence-corrected chi connectivity index (χ0v) is 8.49. The van der Waals surface area contributed by atoms with Crippen LogP contribution in [0.1, 0.15) is 13.3 Å². The quantitative estimate of drug-likeness (QED) is 0.683. The van der Waals surface area contributed by atoms with Crippen molar-refractivity contribution in [2.24, 2.45) is 5.10 Å². The number of hydrogen-bond donors (Lipinski definition) is 0. The summed E-state index contributed by atoms with van der Waals surface area (Å²) in [6.45, 7) is 1.68. The van der Waals surface area contributed by atoms with E-state index in [2.05, 4.69) is 15.1 Å². The minimum absolute atomic E-state index is 0.126. The number of nitrogens with zero attached hydrogens (tertiary/aromatic N) is 4. The second-order valence-corrected chi connectivity index (χ2v) is 3.37. The van der Waals surface area contributed by atoms with Gasteiger partial charge in [-0.25, -0.2) is 9.37 Å². The Labute approximate surface area is 89.6 Å². The molecule has 0 fully saturated rings. The van der Waals surface area contributed by atoms with E-state index in [0.717, 1.165) is 11.2 Å². The molecule has 2 heterocycles. The number of halogens is 2. The molecule has 2 rings (SSSR count). The van der Waals surface area contributed by atoms with E-state index < -0.39 is 5.82 Å². The summed E-state index contributed by atoms with van der Waals surface area (Å²) >= 11 is 5.50. The lowest BCUT2D eigenvalue weighted by molar-refractivity contribution is -0.117. The third kappa shape index (κ3) is 1.80. The Kier molecular flexibility index (Phi) is 2.36. The van der Waals surface area contributed by atoms with Crippen LogP contribution in [0.15, 0.2) is 11.3 Å². The highest BCUT2D eigenvalue weighted by molar-refractivity contribution is 6.28. The Bertz CT molecular complexity index is 462.